The van der Waals surface area contributed by atoms with Crippen LogP contribution in [-0.2, 0) is 4.79 Å². The van der Waals surface area contributed by atoms with Gasteiger partial charge in [-0.25, -0.2) is 15.0 Å². The third-order valence-electron chi connectivity index (χ3n) is 5.68. The Labute approximate surface area is 187 Å². The number of aromatic nitrogens is 3. The maximum Gasteiger partial charge on any atom is 0.222 e. The first-order valence-corrected chi connectivity index (χ1v) is 11.0. The number of rotatable bonds is 8. The third kappa shape index (κ3) is 5.03. The summed E-state index contributed by atoms with van der Waals surface area (Å²) in [5.41, 5.74) is 1.85. The smallest absolute Gasteiger partial charge is 0.222 e. The van der Waals surface area contributed by atoms with Crippen LogP contribution in [-0.4, -0.2) is 69.9 Å². The van der Waals surface area contributed by atoms with Crippen molar-refractivity contribution >= 4 is 23.0 Å². The molecule has 0 spiro atoms. The summed E-state index contributed by atoms with van der Waals surface area (Å²) in [5, 5.41) is 12.9. The number of benzene rings is 1. The summed E-state index contributed by atoms with van der Waals surface area (Å²) in [6, 6.07) is 11.3. The Hall–Kier alpha value is -3.51. The van der Waals surface area contributed by atoms with E-state index < -0.39 is 5.92 Å². The van der Waals surface area contributed by atoms with Crippen molar-refractivity contribution in [2.24, 2.45) is 0 Å². The van der Waals surface area contributed by atoms with Crippen LogP contribution in [0.4, 0.5) is 5.95 Å². The van der Waals surface area contributed by atoms with Gasteiger partial charge in [0.25, 0.3) is 0 Å². The Morgan fingerprint density at radius 2 is 2.03 bits per heavy atom. The lowest BCUT2D eigenvalue weighted by Crippen LogP contribution is -2.48. The van der Waals surface area contributed by atoms with Crippen molar-refractivity contribution in [1.82, 2.24) is 24.8 Å². The van der Waals surface area contributed by atoms with Crippen LogP contribution in [0.15, 0.2) is 40.9 Å². The fourth-order valence-corrected chi connectivity index (χ4v) is 3.79. The molecule has 4 rings (SSSR count). The van der Waals surface area contributed by atoms with Crippen LogP contribution in [0.3, 0.4) is 0 Å². The van der Waals surface area contributed by atoms with Crippen LogP contribution < -0.4 is 5.32 Å². The predicted molar refractivity (Wildman–Crippen MR) is 120 cm³/mol. The fraction of sp³-hybridized carbons (Fsp3) is 0.435. The summed E-state index contributed by atoms with van der Waals surface area (Å²) < 4.78 is 5.75. The van der Waals surface area contributed by atoms with Crippen molar-refractivity contribution in [3.63, 3.8) is 0 Å². The van der Waals surface area contributed by atoms with Crippen molar-refractivity contribution in [2.45, 2.75) is 25.7 Å². The SMILES string of the molecule is CCN1CCN(C(=O)CCCNc2nccc(C(C#N)c3nc4ccccc4o3)n2)CC1. The van der Waals surface area contributed by atoms with Gasteiger partial charge in [0.15, 0.2) is 11.5 Å². The zero-order chi connectivity index (χ0) is 22.3. The molecule has 9 nitrogen and oxygen atoms in total. The highest BCUT2D eigenvalue weighted by Crippen LogP contribution is 2.26. The molecule has 1 aliphatic rings. The first-order valence-electron chi connectivity index (χ1n) is 11.0. The van der Waals surface area contributed by atoms with E-state index in [0.717, 1.165) is 32.7 Å². The Kier molecular flexibility index (Phi) is 6.92. The number of hydrogen-bond donors (Lipinski definition) is 1. The van der Waals surface area contributed by atoms with Gasteiger partial charge in [-0.1, -0.05) is 19.1 Å². The van der Waals surface area contributed by atoms with Crippen LogP contribution in [0, 0.1) is 11.3 Å². The van der Waals surface area contributed by atoms with Crippen molar-refractivity contribution < 1.29 is 9.21 Å². The number of nitriles is 1. The first kappa shape index (κ1) is 21.7. The molecule has 1 fully saturated rings. The van der Waals surface area contributed by atoms with E-state index in [1.807, 2.05) is 29.2 Å². The maximum absolute atomic E-state index is 12.4. The van der Waals surface area contributed by atoms with Gasteiger partial charge in [-0.15, -0.1) is 0 Å². The fourth-order valence-electron chi connectivity index (χ4n) is 3.79. The number of likely N-dealkylation sites (N-methyl/N-ethyl adjacent to an activating group) is 1. The second-order valence-corrected chi connectivity index (χ2v) is 7.73. The number of carbonyl (C=O) groups is 1. The van der Waals surface area contributed by atoms with E-state index in [1.165, 1.54) is 0 Å². The van der Waals surface area contributed by atoms with E-state index >= 15 is 0 Å². The highest BCUT2D eigenvalue weighted by Gasteiger charge is 2.22. The molecule has 166 valence electrons. The van der Waals surface area contributed by atoms with Gasteiger partial charge >= 0.3 is 0 Å². The summed E-state index contributed by atoms with van der Waals surface area (Å²) in [5.74, 6) is 0.196. The lowest BCUT2D eigenvalue weighted by Gasteiger charge is -2.34. The summed E-state index contributed by atoms with van der Waals surface area (Å²) in [7, 11) is 0. The van der Waals surface area contributed by atoms with E-state index in [9.17, 15) is 10.1 Å². The van der Waals surface area contributed by atoms with Gasteiger partial charge in [0.05, 0.1) is 11.8 Å². The Bertz CT molecular complexity index is 1070. The Balaban J connectivity index is 1.31. The molecule has 9 heteroatoms. The van der Waals surface area contributed by atoms with Crippen LogP contribution >= 0.6 is 0 Å². The number of oxazole rings is 1. The number of para-hydroxylation sites is 2. The van der Waals surface area contributed by atoms with Gasteiger partial charge in [0.1, 0.15) is 5.52 Å². The van der Waals surface area contributed by atoms with Crippen LogP contribution in [0.2, 0.25) is 0 Å². The molecule has 0 aliphatic carbocycles. The number of nitrogens with one attached hydrogen (secondary N) is 1. The van der Waals surface area contributed by atoms with Crippen LogP contribution in [0.1, 0.15) is 37.3 Å². The molecule has 0 saturated carbocycles. The molecule has 3 aromatic rings. The minimum atomic E-state index is -0.727. The summed E-state index contributed by atoms with van der Waals surface area (Å²) in [6.07, 6.45) is 2.78. The number of hydrogen-bond acceptors (Lipinski definition) is 8. The number of carbonyl (C=O) groups excluding carboxylic acids is 1. The largest absolute Gasteiger partial charge is 0.439 e. The van der Waals surface area contributed by atoms with Gasteiger partial charge in [0.2, 0.25) is 17.7 Å². The van der Waals surface area contributed by atoms with E-state index in [4.69, 9.17) is 4.42 Å². The van der Waals surface area contributed by atoms with Crippen molar-refractivity contribution in [2.75, 3.05) is 44.6 Å². The topological polar surface area (TPSA) is 111 Å². The van der Waals surface area contributed by atoms with E-state index in [2.05, 4.69) is 38.2 Å². The quantitative estimate of drug-likeness (QED) is 0.540. The monoisotopic (exact) mass is 433 g/mol. The number of amides is 1. The molecule has 2 aromatic heterocycles. The molecule has 1 saturated heterocycles. The van der Waals surface area contributed by atoms with E-state index in [0.29, 0.717) is 48.0 Å². The van der Waals surface area contributed by atoms with Gasteiger partial charge in [-0.05, 0) is 31.2 Å². The molecule has 1 amide bonds. The average Bonchev–Trinajstić information content (AvgIpc) is 3.26. The Morgan fingerprint density at radius 1 is 1.22 bits per heavy atom. The third-order valence-corrected chi connectivity index (χ3v) is 5.68. The minimum absolute atomic E-state index is 0.192. The van der Waals surface area contributed by atoms with Crippen LogP contribution in [0.5, 0.6) is 0 Å². The number of nitrogens with zero attached hydrogens (tertiary/aromatic N) is 6. The lowest BCUT2D eigenvalue weighted by atomic mass is 10.1. The zero-order valence-corrected chi connectivity index (χ0v) is 18.2. The molecule has 32 heavy (non-hydrogen) atoms. The zero-order valence-electron chi connectivity index (χ0n) is 18.2. The summed E-state index contributed by atoms with van der Waals surface area (Å²) in [4.78, 5) is 29.8. The van der Waals surface area contributed by atoms with Crippen molar-refractivity contribution in [3.05, 3.63) is 48.1 Å². The molecular weight excluding hydrogens is 406 g/mol. The van der Waals surface area contributed by atoms with Crippen LogP contribution in [0.25, 0.3) is 11.1 Å². The molecule has 1 aromatic carbocycles. The first-order chi connectivity index (χ1) is 15.7. The van der Waals surface area contributed by atoms with E-state index in [-0.39, 0.29) is 5.91 Å². The van der Waals surface area contributed by atoms with Crippen molar-refractivity contribution in [1.29, 1.82) is 5.26 Å². The number of piperazine rings is 1. The summed E-state index contributed by atoms with van der Waals surface area (Å²) in [6.45, 7) is 7.25. The molecular formula is C23H27N7O2. The van der Waals surface area contributed by atoms with Gasteiger partial charge in [0, 0.05) is 45.3 Å². The maximum atomic E-state index is 12.4. The molecule has 0 bridgehead atoms. The lowest BCUT2D eigenvalue weighted by molar-refractivity contribution is -0.132. The highest BCUT2D eigenvalue weighted by atomic mass is 16.3. The van der Waals surface area contributed by atoms with E-state index in [1.54, 1.807) is 12.3 Å². The molecule has 0 radical (unpaired) electrons. The molecule has 1 unspecified atom stereocenters. The minimum Gasteiger partial charge on any atom is -0.439 e. The molecule has 1 aliphatic heterocycles. The van der Waals surface area contributed by atoms with Gasteiger partial charge < -0.3 is 19.5 Å². The number of anilines is 1. The van der Waals surface area contributed by atoms with Gasteiger partial charge in [-0.3, -0.25) is 4.79 Å². The molecule has 3 heterocycles. The van der Waals surface area contributed by atoms with Gasteiger partial charge in [-0.2, -0.15) is 5.26 Å². The second-order valence-electron chi connectivity index (χ2n) is 7.73. The predicted octanol–water partition coefficient (Wildman–Crippen LogP) is 2.63. The standard InChI is InChI=1S/C23H27N7O2/c1-2-29-12-14-30(15-13-29)21(31)8-5-10-25-23-26-11-9-18(28-23)17(16-24)22-27-19-6-3-4-7-20(19)32-22/h3-4,6-7,9,11,17H,2,5,8,10,12-15H2,1H3,(H,25,26,28). The second kappa shape index (κ2) is 10.2. The Morgan fingerprint density at radius 3 is 2.78 bits per heavy atom. The highest BCUT2D eigenvalue weighted by molar-refractivity contribution is 5.76. The molecule has 1 atom stereocenters. The normalized spacial score (nSPS) is 15.4. The molecule has 1 N–H and O–H groups in total. The van der Waals surface area contributed by atoms with Crippen molar-refractivity contribution in [3.8, 4) is 6.07 Å². The number of fused-ring (bicyclic) bond motifs is 1. The average molecular weight is 434 g/mol. The summed E-state index contributed by atoms with van der Waals surface area (Å²) >= 11 is 0.